The van der Waals surface area contributed by atoms with Crippen LogP contribution in [0.15, 0.2) is 60.8 Å². The van der Waals surface area contributed by atoms with Crippen LogP contribution in [0.25, 0.3) is 0 Å². The van der Waals surface area contributed by atoms with Crippen molar-refractivity contribution in [3.05, 3.63) is 60.8 Å². The molecule has 4 N–H and O–H groups in total. The molecule has 6 unspecified atom stereocenters. The second-order valence-electron chi connectivity index (χ2n) is 20.6. The minimum Gasteiger partial charge on any atom is -0.457 e. The van der Waals surface area contributed by atoms with E-state index in [0.29, 0.717) is 13.0 Å². The number of ether oxygens (including phenoxy) is 4. The van der Waals surface area contributed by atoms with E-state index in [1.54, 1.807) is 0 Å². The van der Waals surface area contributed by atoms with E-state index in [1.165, 1.54) is 148 Å². The monoisotopic (exact) mass is 1070 g/mol. The molecule has 0 saturated carbocycles. The first kappa shape index (κ1) is 69.8. The minimum absolute atomic E-state index is 0.0286. The molecule has 6 atom stereocenters. The van der Waals surface area contributed by atoms with Gasteiger partial charge in [-0.25, -0.2) is 4.18 Å². The van der Waals surface area contributed by atoms with Crippen LogP contribution in [0.3, 0.4) is 0 Å². The summed E-state index contributed by atoms with van der Waals surface area (Å²) in [5.74, 6) is -0.414. The first-order chi connectivity index (χ1) is 36.1. The van der Waals surface area contributed by atoms with E-state index in [4.69, 9.17) is 18.9 Å². The molecule has 0 aromatic rings. The molecule has 13 heteroatoms. The fourth-order valence-corrected chi connectivity index (χ4v) is 9.68. The predicted octanol–water partition coefficient (Wildman–Crippen LogP) is 15.2. The van der Waals surface area contributed by atoms with Crippen LogP contribution < -0.4 is 0 Å². The molecule has 0 aliphatic carbocycles. The van der Waals surface area contributed by atoms with Crippen LogP contribution in [0.1, 0.15) is 258 Å². The molecule has 74 heavy (non-hydrogen) atoms. The van der Waals surface area contributed by atoms with Crippen molar-refractivity contribution in [1.29, 1.82) is 0 Å². The maximum atomic E-state index is 13.0. The topological polar surface area (TPSA) is 178 Å². The molecule has 0 aromatic carbocycles. The van der Waals surface area contributed by atoms with Gasteiger partial charge in [0.1, 0.15) is 30.5 Å². The summed E-state index contributed by atoms with van der Waals surface area (Å²) in [5, 5.41) is 30.9. The van der Waals surface area contributed by atoms with E-state index in [9.17, 15) is 33.1 Å². The Balaban J connectivity index is 2.28. The molecule has 12 nitrogen and oxygen atoms in total. The van der Waals surface area contributed by atoms with Crippen LogP contribution in [0.4, 0.5) is 0 Å². The number of unbranched alkanes of at least 4 members (excludes halogenated alkanes) is 30. The second-order valence-corrected chi connectivity index (χ2v) is 21.6. The summed E-state index contributed by atoms with van der Waals surface area (Å²) in [6, 6.07) is 0. The van der Waals surface area contributed by atoms with Crippen LogP contribution in [-0.2, 0) is 38.3 Å². The second kappa shape index (κ2) is 51.6. The van der Waals surface area contributed by atoms with E-state index in [-0.39, 0.29) is 19.6 Å². The summed E-state index contributed by atoms with van der Waals surface area (Å²) in [6.45, 7) is 3.90. The van der Waals surface area contributed by atoms with Crippen LogP contribution in [-0.4, -0.2) is 97.5 Å². The quantitative estimate of drug-likeness (QED) is 0.0196. The zero-order valence-corrected chi connectivity index (χ0v) is 47.7. The number of hydrogen-bond acceptors (Lipinski definition) is 11. The lowest BCUT2D eigenvalue weighted by molar-refractivity contribution is -0.301. The maximum absolute atomic E-state index is 13.0. The molecule has 1 heterocycles. The average molecular weight is 1070 g/mol. The first-order valence-electron chi connectivity index (χ1n) is 30.0. The van der Waals surface area contributed by atoms with Crippen molar-refractivity contribution in [3.63, 3.8) is 0 Å². The Kier molecular flexibility index (Phi) is 48.6. The van der Waals surface area contributed by atoms with Crippen LogP contribution in [0.2, 0.25) is 0 Å². The van der Waals surface area contributed by atoms with Gasteiger partial charge in [0.05, 0.1) is 19.8 Å². The molecule has 0 radical (unpaired) electrons. The van der Waals surface area contributed by atoms with Gasteiger partial charge in [-0.3, -0.25) is 9.35 Å². The van der Waals surface area contributed by atoms with E-state index >= 15 is 0 Å². The Bertz CT molecular complexity index is 1510. The molecule has 0 bridgehead atoms. The number of hydrogen-bond donors (Lipinski definition) is 4. The molecule has 0 amide bonds. The number of allylic oxidation sites excluding steroid dienone is 10. The zero-order chi connectivity index (χ0) is 53.8. The highest BCUT2D eigenvalue weighted by atomic mass is 32.3. The van der Waals surface area contributed by atoms with Gasteiger partial charge in [-0.05, 0) is 57.8 Å². The minimum atomic E-state index is -5.07. The van der Waals surface area contributed by atoms with Crippen LogP contribution in [0.5, 0.6) is 0 Å². The Morgan fingerprint density at radius 2 is 0.932 bits per heavy atom. The van der Waals surface area contributed by atoms with Crippen LogP contribution >= 0.6 is 0 Å². The van der Waals surface area contributed by atoms with Crippen LogP contribution in [0, 0.1) is 0 Å². The average Bonchev–Trinajstić information content (AvgIpc) is 3.38. The molecule has 0 spiro atoms. The highest BCUT2D eigenvalue weighted by Gasteiger charge is 2.48. The van der Waals surface area contributed by atoms with Gasteiger partial charge in [-0.1, -0.05) is 254 Å². The summed E-state index contributed by atoms with van der Waals surface area (Å²) in [6.07, 6.45) is 58.4. The molecule has 1 aliphatic rings. The molecule has 1 fully saturated rings. The molecular formula is C61H110O12S. The summed E-state index contributed by atoms with van der Waals surface area (Å²) < 4.78 is 59.5. The molecule has 0 aromatic heterocycles. The fraction of sp³-hybridized carbons (Fsp3) is 0.820. The number of aliphatic hydroxyl groups is 3. The molecule has 1 aliphatic heterocycles. The van der Waals surface area contributed by atoms with Crippen molar-refractivity contribution in [2.75, 3.05) is 26.4 Å². The highest BCUT2D eigenvalue weighted by Crippen LogP contribution is 2.26. The Hall–Kier alpha value is -2.20. The van der Waals surface area contributed by atoms with Gasteiger partial charge >= 0.3 is 16.4 Å². The number of carbonyl (C=O) groups is 1. The lowest BCUT2D eigenvalue weighted by Crippen LogP contribution is -2.60. The van der Waals surface area contributed by atoms with Crippen molar-refractivity contribution in [2.45, 2.75) is 295 Å². The van der Waals surface area contributed by atoms with E-state index < -0.39 is 59.8 Å². The molecule has 1 saturated heterocycles. The number of rotatable bonds is 53. The van der Waals surface area contributed by atoms with E-state index in [1.807, 2.05) is 0 Å². The third-order valence-corrected chi connectivity index (χ3v) is 14.1. The largest absolute Gasteiger partial charge is 0.457 e. The van der Waals surface area contributed by atoms with Gasteiger partial charge in [-0.15, -0.1) is 0 Å². The lowest BCUT2D eigenvalue weighted by Gasteiger charge is -2.41. The van der Waals surface area contributed by atoms with Crippen molar-refractivity contribution < 1.29 is 56.2 Å². The number of aliphatic hydroxyl groups excluding tert-OH is 3. The SMILES string of the molecule is CC/C=C\C/C=C\C/C=C\C/C=C\C/C=C\CCCCCCCC(=O)OC(COCCCCCCCCCCCCCCCCCCCCCCCCCCCC)COC1OC(CO)C(O)C(OS(=O)(=O)O)C1O. The van der Waals surface area contributed by atoms with Gasteiger partial charge < -0.3 is 34.3 Å². The summed E-state index contributed by atoms with van der Waals surface area (Å²) in [5.41, 5.74) is 0. The lowest BCUT2D eigenvalue weighted by atomic mass is 9.99. The summed E-state index contributed by atoms with van der Waals surface area (Å²) in [4.78, 5) is 13.0. The smallest absolute Gasteiger partial charge is 0.397 e. The number of carbonyl (C=O) groups excluding carboxylic acids is 1. The molecule has 1 rings (SSSR count). The molecular weight excluding hydrogens is 957 g/mol. The van der Waals surface area contributed by atoms with Gasteiger partial charge in [0, 0.05) is 13.0 Å². The standard InChI is InChI=1S/C61H110O12S/c1-3-5-7-9-11-13-15-17-19-21-23-25-26-27-28-29-31-33-35-37-39-41-43-45-47-49-51-69-53-55(54-70-61-59(65)60(73-74(66,67)68)58(64)56(52-62)72-61)71-57(63)50-48-46-44-42-40-38-36-34-32-30-24-22-20-18-16-14-12-10-8-6-4-2/h6,8,12,14,18,20,24,30,34,36,55-56,58-62,64-65H,3-5,7,9-11,13,15-17,19,21-23,25-29,31-33,35,37-54H2,1-2H3,(H,66,67,68)/b8-6-,14-12-,20-18-,30-24-,36-34-. The van der Waals surface area contributed by atoms with Gasteiger partial charge in [0.25, 0.3) is 0 Å². The maximum Gasteiger partial charge on any atom is 0.397 e. The third kappa shape index (κ3) is 43.9. The summed E-state index contributed by atoms with van der Waals surface area (Å²) in [7, 11) is -5.07. The Morgan fingerprint density at radius 3 is 1.36 bits per heavy atom. The van der Waals surface area contributed by atoms with Gasteiger partial charge in [0.15, 0.2) is 6.29 Å². The zero-order valence-electron chi connectivity index (χ0n) is 46.9. The van der Waals surface area contributed by atoms with Crippen molar-refractivity contribution in [3.8, 4) is 0 Å². The molecule has 432 valence electrons. The number of esters is 1. The van der Waals surface area contributed by atoms with E-state index in [2.05, 4.69) is 78.8 Å². The third-order valence-electron chi connectivity index (χ3n) is 13.7. The van der Waals surface area contributed by atoms with Crippen molar-refractivity contribution in [1.82, 2.24) is 0 Å². The normalized spacial score (nSPS) is 19.1. The van der Waals surface area contributed by atoms with Gasteiger partial charge in [0.2, 0.25) is 0 Å². The van der Waals surface area contributed by atoms with Gasteiger partial charge in [-0.2, -0.15) is 8.42 Å². The Morgan fingerprint density at radius 1 is 0.527 bits per heavy atom. The Labute approximate surface area is 452 Å². The van der Waals surface area contributed by atoms with E-state index in [0.717, 1.165) is 83.5 Å². The highest BCUT2D eigenvalue weighted by molar-refractivity contribution is 7.80. The fourth-order valence-electron chi connectivity index (χ4n) is 9.17. The van der Waals surface area contributed by atoms with Crippen molar-refractivity contribution >= 4 is 16.4 Å². The van der Waals surface area contributed by atoms with Crippen molar-refractivity contribution in [2.24, 2.45) is 0 Å². The first-order valence-corrected chi connectivity index (χ1v) is 31.4. The predicted molar refractivity (Wildman–Crippen MR) is 303 cm³/mol. The summed E-state index contributed by atoms with van der Waals surface area (Å²) >= 11 is 0.